The Hall–Kier alpha value is -1.20. The number of nitrogens with zero attached hydrogens (tertiary/aromatic N) is 2. The van der Waals surface area contributed by atoms with Crippen molar-refractivity contribution < 1.29 is 5.11 Å². The van der Waals surface area contributed by atoms with Crippen LogP contribution in [0.15, 0.2) is 18.2 Å². The van der Waals surface area contributed by atoms with Gasteiger partial charge in [-0.1, -0.05) is 31.1 Å². The Bertz CT molecular complexity index is 438. The lowest BCUT2D eigenvalue weighted by Gasteiger charge is -2.36. The summed E-state index contributed by atoms with van der Waals surface area (Å²) in [4.78, 5) is 6.76. The fourth-order valence-electron chi connectivity index (χ4n) is 2.47. The van der Waals surface area contributed by atoms with Crippen molar-refractivity contribution in [2.75, 3.05) is 11.9 Å². The summed E-state index contributed by atoms with van der Waals surface area (Å²) < 4.78 is 0. The van der Waals surface area contributed by atoms with E-state index in [9.17, 15) is 5.11 Å². The van der Waals surface area contributed by atoms with Crippen LogP contribution in [-0.2, 0) is 0 Å². The number of anilines is 1. The van der Waals surface area contributed by atoms with Gasteiger partial charge in [-0.2, -0.15) is 0 Å². The molecule has 1 aliphatic rings. The van der Waals surface area contributed by atoms with Gasteiger partial charge in [0.2, 0.25) is 0 Å². The van der Waals surface area contributed by atoms with Gasteiger partial charge in [-0.05, 0) is 25.0 Å². The summed E-state index contributed by atoms with van der Waals surface area (Å²) in [6, 6.07) is 5.75. The highest BCUT2D eigenvalue weighted by Crippen LogP contribution is 2.25. The van der Waals surface area contributed by atoms with Crippen LogP contribution in [0.25, 0.3) is 0 Å². The maximum Gasteiger partial charge on any atom is 0.129 e. The summed E-state index contributed by atoms with van der Waals surface area (Å²) >= 11 is 4.94. The van der Waals surface area contributed by atoms with E-state index in [-0.39, 0.29) is 12.1 Å². The van der Waals surface area contributed by atoms with Crippen molar-refractivity contribution in [1.29, 1.82) is 0 Å². The van der Waals surface area contributed by atoms with Gasteiger partial charge in [0.15, 0.2) is 0 Å². The molecule has 2 rings (SSSR count). The van der Waals surface area contributed by atoms with Gasteiger partial charge in [0, 0.05) is 7.05 Å². The van der Waals surface area contributed by atoms with Gasteiger partial charge in [0.25, 0.3) is 0 Å². The van der Waals surface area contributed by atoms with Crippen LogP contribution in [-0.4, -0.2) is 34.3 Å². The number of likely N-dealkylation sites (N-methyl/N-ethyl adjacent to an activating group) is 1. The van der Waals surface area contributed by atoms with E-state index in [4.69, 9.17) is 18.0 Å². The fraction of sp³-hybridized carbons (Fsp3) is 0.538. The Morgan fingerprint density at radius 1 is 1.44 bits per heavy atom. The predicted octanol–water partition coefficient (Wildman–Crippen LogP) is 1.46. The van der Waals surface area contributed by atoms with Crippen molar-refractivity contribution >= 4 is 23.0 Å². The van der Waals surface area contributed by atoms with Crippen molar-refractivity contribution in [2.45, 2.75) is 37.8 Å². The van der Waals surface area contributed by atoms with E-state index in [1.807, 2.05) is 24.1 Å². The Kier molecular flexibility index (Phi) is 4.14. The van der Waals surface area contributed by atoms with Crippen LogP contribution >= 0.6 is 12.2 Å². The number of rotatable bonds is 3. The highest BCUT2D eigenvalue weighted by Gasteiger charge is 2.27. The lowest BCUT2D eigenvalue weighted by molar-refractivity contribution is 0.106. The number of nitrogens with two attached hydrogens (primary N) is 1. The smallest absolute Gasteiger partial charge is 0.129 e. The Labute approximate surface area is 113 Å². The molecule has 0 aromatic carbocycles. The number of aromatic nitrogens is 1. The van der Waals surface area contributed by atoms with Gasteiger partial charge in [-0.15, -0.1) is 0 Å². The zero-order chi connectivity index (χ0) is 13.1. The molecule has 0 amide bonds. The minimum absolute atomic E-state index is 0.132. The summed E-state index contributed by atoms with van der Waals surface area (Å²) in [5, 5.41) is 10.1. The summed E-state index contributed by atoms with van der Waals surface area (Å²) in [6.07, 6.45) is 3.84. The highest BCUT2D eigenvalue weighted by atomic mass is 32.1. The van der Waals surface area contributed by atoms with Gasteiger partial charge in [-0.25, -0.2) is 4.98 Å². The average molecular weight is 265 g/mol. The zero-order valence-corrected chi connectivity index (χ0v) is 11.4. The molecule has 0 radical (unpaired) electrons. The average Bonchev–Trinajstić information content (AvgIpc) is 2.38. The van der Waals surface area contributed by atoms with Gasteiger partial charge >= 0.3 is 0 Å². The highest BCUT2D eigenvalue weighted by molar-refractivity contribution is 7.80. The number of pyridine rings is 1. The van der Waals surface area contributed by atoms with E-state index < -0.39 is 0 Å². The summed E-state index contributed by atoms with van der Waals surface area (Å²) in [6.45, 7) is 0. The van der Waals surface area contributed by atoms with Crippen molar-refractivity contribution in [2.24, 2.45) is 5.73 Å². The molecule has 2 atom stereocenters. The SMILES string of the molecule is CN(c1cccc(C(N)=S)n1)C1CCCCC1O. The first-order valence-corrected chi connectivity index (χ1v) is 6.68. The topological polar surface area (TPSA) is 62.4 Å². The van der Waals surface area contributed by atoms with Crippen molar-refractivity contribution in [3.63, 3.8) is 0 Å². The van der Waals surface area contributed by atoms with Crippen LogP contribution < -0.4 is 10.6 Å². The molecular formula is C13H19N3OS. The lowest BCUT2D eigenvalue weighted by Crippen LogP contribution is -2.43. The second-order valence-corrected chi connectivity index (χ2v) is 5.22. The molecule has 1 aliphatic carbocycles. The van der Waals surface area contributed by atoms with Crippen molar-refractivity contribution in [3.8, 4) is 0 Å². The molecule has 3 N–H and O–H groups in total. The predicted molar refractivity (Wildman–Crippen MR) is 76.8 cm³/mol. The molecular weight excluding hydrogens is 246 g/mol. The zero-order valence-electron chi connectivity index (χ0n) is 10.5. The molecule has 1 fully saturated rings. The Morgan fingerprint density at radius 2 is 2.17 bits per heavy atom. The molecule has 98 valence electrons. The third kappa shape index (κ3) is 2.79. The maximum absolute atomic E-state index is 10.1. The van der Waals surface area contributed by atoms with Crippen molar-refractivity contribution in [3.05, 3.63) is 23.9 Å². The van der Waals surface area contributed by atoms with Crippen LogP contribution in [0.2, 0.25) is 0 Å². The second-order valence-electron chi connectivity index (χ2n) is 4.78. The van der Waals surface area contributed by atoms with Gasteiger partial charge in [-0.3, -0.25) is 0 Å². The molecule has 0 spiro atoms. The number of hydrogen-bond donors (Lipinski definition) is 2. The molecule has 18 heavy (non-hydrogen) atoms. The molecule has 1 heterocycles. The van der Waals surface area contributed by atoms with Crippen LogP contribution in [0, 0.1) is 0 Å². The van der Waals surface area contributed by atoms with E-state index in [0.29, 0.717) is 10.7 Å². The van der Waals surface area contributed by atoms with E-state index in [2.05, 4.69) is 4.98 Å². The second kappa shape index (κ2) is 5.63. The third-order valence-corrected chi connectivity index (χ3v) is 3.75. The first kappa shape index (κ1) is 13.2. The van der Waals surface area contributed by atoms with Crippen LogP contribution in [0.1, 0.15) is 31.4 Å². The number of thiocarbonyl (C=S) groups is 1. The number of aliphatic hydroxyl groups excluding tert-OH is 1. The summed E-state index contributed by atoms with van der Waals surface area (Å²) in [5.74, 6) is 0.811. The van der Waals surface area contributed by atoms with Gasteiger partial charge in [0.1, 0.15) is 10.8 Å². The van der Waals surface area contributed by atoms with Gasteiger partial charge < -0.3 is 15.7 Å². The largest absolute Gasteiger partial charge is 0.391 e. The third-order valence-electron chi connectivity index (χ3n) is 3.54. The Morgan fingerprint density at radius 3 is 2.83 bits per heavy atom. The quantitative estimate of drug-likeness (QED) is 0.810. The lowest BCUT2D eigenvalue weighted by atomic mass is 9.91. The maximum atomic E-state index is 10.1. The number of hydrogen-bond acceptors (Lipinski definition) is 4. The van der Waals surface area contributed by atoms with E-state index >= 15 is 0 Å². The van der Waals surface area contributed by atoms with Crippen molar-refractivity contribution in [1.82, 2.24) is 4.98 Å². The van der Waals surface area contributed by atoms with Gasteiger partial charge in [0.05, 0.1) is 17.8 Å². The molecule has 0 bridgehead atoms. The molecule has 1 aromatic rings. The monoisotopic (exact) mass is 265 g/mol. The van der Waals surface area contributed by atoms with Crippen LogP contribution in [0.4, 0.5) is 5.82 Å². The first-order chi connectivity index (χ1) is 8.59. The van der Waals surface area contributed by atoms with E-state index in [0.717, 1.165) is 31.5 Å². The minimum Gasteiger partial charge on any atom is -0.391 e. The Balaban J connectivity index is 2.19. The standard InChI is InChI=1S/C13H19N3OS/c1-16(10-6-2-3-7-11(10)17)12-8-4-5-9(15-12)13(14)18/h4-5,8,10-11,17H,2-3,6-7H2,1H3,(H2,14,18). The van der Waals surface area contributed by atoms with E-state index in [1.54, 1.807) is 6.07 Å². The van der Waals surface area contributed by atoms with Crippen LogP contribution in [0.5, 0.6) is 0 Å². The summed E-state index contributed by atoms with van der Waals surface area (Å²) in [5.41, 5.74) is 6.21. The van der Waals surface area contributed by atoms with Crippen LogP contribution in [0.3, 0.4) is 0 Å². The molecule has 4 nitrogen and oxygen atoms in total. The fourth-order valence-corrected chi connectivity index (χ4v) is 2.58. The molecule has 0 aliphatic heterocycles. The minimum atomic E-state index is -0.279. The first-order valence-electron chi connectivity index (χ1n) is 6.27. The summed E-state index contributed by atoms with van der Waals surface area (Å²) in [7, 11) is 1.96. The number of aliphatic hydroxyl groups is 1. The normalized spacial score (nSPS) is 23.7. The van der Waals surface area contributed by atoms with E-state index in [1.165, 1.54) is 0 Å². The molecule has 0 saturated heterocycles. The molecule has 1 saturated carbocycles. The molecule has 5 heteroatoms. The molecule has 2 unspecified atom stereocenters. The molecule has 1 aromatic heterocycles.